The molecule has 49 heavy (non-hydrogen) atoms. The van der Waals surface area contributed by atoms with Gasteiger partial charge in [0.15, 0.2) is 0 Å². The van der Waals surface area contributed by atoms with Gasteiger partial charge in [-0.25, -0.2) is 9.59 Å². The Morgan fingerprint density at radius 1 is 0.980 bits per heavy atom. The number of amides is 2. The standard InChI is InChI=1S/C35H44F3N5O6/c1-8-9-21-10-12-22(13-11-21)14-15-23-16-17-24(20-25(23)35(36,37)38)28-39-29(49-42-28)27-26(44)18-19-43(27)30(40-31(45)47-33(2,3)4)41-32(46)48-34(5,6)7/h10-13,16-17,20,26-27,44H,8-9,14-15,18-19H2,1-7H3,(H,40,41,45,46)/t26-,27-/m0/s1. The predicted octanol–water partition coefficient (Wildman–Crippen LogP) is 7.42. The van der Waals surface area contributed by atoms with E-state index in [1.807, 2.05) is 24.3 Å². The Morgan fingerprint density at radius 2 is 1.61 bits per heavy atom. The number of benzene rings is 2. The highest BCUT2D eigenvalue weighted by Gasteiger charge is 2.42. The molecular formula is C35H44F3N5O6. The zero-order valence-corrected chi connectivity index (χ0v) is 28.8. The maximum atomic E-state index is 14.3. The molecule has 2 amide bonds. The number of nitrogens with zero attached hydrogens (tertiary/aromatic N) is 4. The number of aliphatic hydroxyl groups is 1. The van der Waals surface area contributed by atoms with Gasteiger partial charge in [0.1, 0.15) is 17.2 Å². The molecule has 2 N–H and O–H groups in total. The maximum absolute atomic E-state index is 14.3. The van der Waals surface area contributed by atoms with E-state index in [0.29, 0.717) is 6.42 Å². The molecule has 11 nitrogen and oxygen atoms in total. The summed E-state index contributed by atoms with van der Waals surface area (Å²) in [6.07, 6.45) is -4.99. The fourth-order valence-corrected chi connectivity index (χ4v) is 5.35. The Balaban J connectivity index is 1.61. The lowest BCUT2D eigenvalue weighted by molar-refractivity contribution is -0.138. The number of guanidine groups is 1. The first-order valence-electron chi connectivity index (χ1n) is 16.2. The van der Waals surface area contributed by atoms with Crippen molar-refractivity contribution in [2.45, 2.75) is 110 Å². The number of rotatable bonds is 7. The number of aliphatic hydroxyl groups excluding tert-OH is 1. The molecule has 266 valence electrons. The number of halogens is 3. The van der Waals surface area contributed by atoms with E-state index in [1.54, 1.807) is 41.5 Å². The van der Waals surface area contributed by atoms with Crippen molar-refractivity contribution in [3.05, 3.63) is 70.6 Å². The van der Waals surface area contributed by atoms with Crippen LogP contribution < -0.4 is 5.32 Å². The quantitative estimate of drug-likeness (QED) is 0.192. The van der Waals surface area contributed by atoms with Crippen molar-refractivity contribution in [3.8, 4) is 11.4 Å². The Kier molecular flexibility index (Phi) is 11.4. The summed E-state index contributed by atoms with van der Waals surface area (Å²) in [5, 5.41) is 17.3. The Morgan fingerprint density at radius 3 is 2.20 bits per heavy atom. The monoisotopic (exact) mass is 687 g/mol. The van der Waals surface area contributed by atoms with Crippen LogP contribution in [0.1, 0.15) is 95.5 Å². The van der Waals surface area contributed by atoms with Crippen molar-refractivity contribution in [1.82, 2.24) is 20.4 Å². The number of hydrogen-bond acceptors (Lipinski definition) is 8. The zero-order valence-electron chi connectivity index (χ0n) is 28.8. The van der Waals surface area contributed by atoms with E-state index in [4.69, 9.17) is 14.0 Å². The summed E-state index contributed by atoms with van der Waals surface area (Å²) in [4.78, 5) is 35.0. The van der Waals surface area contributed by atoms with Gasteiger partial charge in [-0.1, -0.05) is 54.9 Å². The van der Waals surface area contributed by atoms with Crippen molar-refractivity contribution in [2.75, 3.05) is 6.54 Å². The second-order valence-electron chi connectivity index (χ2n) is 13.9. The maximum Gasteiger partial charge on any atom is 0.437 e. The predicted molar refractivity (Wildman–Crippen MR) is 176 cm³/mol. The number of alkyl halides is 3. The normalized spacial score (nSPS) is 17.3. The Bertz CT molecular complexity index is 1640. The first kappa shape index (κ1) is 37.4. The minimum Gasteiger partial charge on any atom is -0.444 e. The van der Waals surface area contributed by atoms with E-state index >= 15 is 0 Å². The molecule has 0 saturated carbocycles. The van der Waals surface area contributed by atoms with Crippen molar-refractivity contribution < 1.29 is 41.9 Å². The van der Waals surface area contributed by atoms with Gasteiger partial charge < -0.3 is 24.0 Å². The molecule has 1 fully saturated rings. The number of aliphatic imine (C=N–C) groups is 1. The second-order valence-corrected chi connectivity index (χ2v) is 13.9. The highest BCUT2D eigenvalue weighted by atomic mass is 19.4. The molecule has 1 saturated heterocycles. The van der Waals surface area contributed by atoms with Gasteiger partial charge in [0.05, 0.1) is 11.7 Å². The number of carbonyl (C=O) groups excluding carboxylic acids is 2. The van der Waals surface area contributed by atoms with Gasteiger partial charge in [-0.15, -0.1) is 4.99 Å². The number of aromatic nitrogens is 2. The molecule has 0 bridgehead atoms. The molecule has 0 radical (unpaired) electrons. The smallest absolute Gasteiger partial charge is 0.437 e. The van der Waals surface area contributed by atoms with E-state index in [0.717, 1.165) is 24.5 Å². The van der Waals surface area contributed by atoms with Crippen LogP contribution in [0.25, 0.3) is 11.4 Å². The van der Waals surface area contributed by atoms with Crippen LogP contribution >= 0.6 is 0 Å². The molecule has 2 atom stereocenters. The van der Waals surface area contributed by atoms with E-state index in [1.165, 1.54) is 22.6 Å². The van der Waals surface area contributed by atoms with Crippen LogP contribution in [0.3, 0.4) is 0 Å². The summed E-state index contributed by atoms with van der Waals surface area (Å²) in [6.45, 7) is 12.1. The number of alkyl carbamates (subject to hydrolysis) is 1. The molecule has 1 aliphatic heterocycles. The van der Waals surface area contributed by atoms with Crippen LogP contribution in [0, 0.1) is 0 Å². The van der Waals surface area contributed by atoms with Crippen LogP contribution in [0.4, 0.5) is 22.8 Å². The molecular weight excluding hydrogens is 643 g/mol. The minimum absolute atomic E-state index is 0.0588. The summed E-state index contributed by atoms with van der Waals surface area (Å²) < 4.78 is 58.9. The van der Waals surface area contributed by atoms with Crippen LogP contribution in [0.15, 0.2) is 52.0 Å². The number of hydrogen-bond donors (Lipinski definition) is 2. The van der Waals surface area contributed by atoms with Gasteiger partial charge in [0, 0.05) is 12.1 Å². The topological polar surface area (TPSA) is 139 Å². The van der Waals surface area contributed by atoms with Crippen molar-refractivity contribution >= 4 is 18.1 Å². The fraction of sp³-hybridized carbons (Fsp3) is 0.514. The molecule has 0 spiro atoms. The number of aryl methyl sites for hydroxylation is 3. The fourth-order valence-electron chi connectivity index (χ4n) is 5.35. The van der Waals surface area contributed by atoms with Crippen molar-refractivity contribution in [3.63, 3.8) is 0 Å². The lowest BCUT2D eigenvalue weighted by Gasteiger charge is -2.28. The minimum atomic E-state index is -4.64. The first-order chi connectivity index (χ1) is 22.8. The summed E-state index contributed by atoms with van der Waals surface area (Å²) in [6, 6.07) is 10.7. The second kappa shape index (κ2) is 15.0. The molecule has 1 aliphatic rings. The number of likely N-dealkylation sites (tertiary alicyclic amines) is 1. The molecule has 0 aliphatic carbocycles. The van der Waals surface area contributed by atoms with Crippen LogP contribution in [-0.4, -0.2) is 62.1 Å². The van der Waals surface area contributed by atoms with Crippen molar-refractivity contribution in [1.29, 1.82) is 0 Å². The van der Waals surface area contributed by atoms with Crippen molar-refractivity contribution in [2.24, 2.45) is 4.99 Å². The third kappa shape index (κ3) is 10.5. The lowest BCUT2D eigenvalue weighted by atomic mass is 9.96. The Hall–Kier alpha value is -4.46. The highest BCUT2D eigenvalue weighted by molar-refractivity contribution is 5.99. The molecule has 0 unspecified atom stereocenters. The van der Waals surface area contributed by atoms with Gasteiger partial charge >= 0.3 is 18.4 Å². The zero-order chi connectivity index (χ0) is 36.1. The first-order valence-corrected chi connectivity index (χ1v) is 16.2. The average Bonchev–Trinajstić information content (AvgIpc) is 3.61. The van der Waals surface area contributed by atoms with Gasteiger partial charge in [-0.3, -0.25) is 5.32 Å². The van der Waals surface area contributed by atoms with E-state index < -0.39 is 47.3 Å². The number of ether oxygens (including phenoxy) is 2. The summed E-state index contributed by atoms with van der Waals surface area (Å²) in [5.41, 5.74) is -0.268. The van der Waals surface area contributed by atoms with Gasteiger partial charge in [-0.05, 0) is 90.0 Å². The molecule has 1 aromatic heterocycles. The lowest BCUT2D eigenvalue weighted by Crippen LogP contribution is -2.47. The summed E-state index contributed by atoms with van der Waals surface area (Å²) >= 11 is 0. The van der Waals surface area contributed by atoms with Gasteiger partial charge in [0.25, 0.3) is 5.89 Å². The van der Waals surface area contributed by atoms with E-state index in [9.17, 15) is 27.9 Å². The molecule has 2 heterocycles. The summed E-state index contributed by atoms with van der Waals surface area (Å²) in [5.74, 6) is -0.594. The molecule has 14 heteroatoms. The van der Waals surface area contributed by atoms with Crippen LogP contribution in [0.5, 0.6) is 0 Å². The summed E-state index contributed by atoms with van der Waals surface area (Å²) in [7, 11) is 0. The number of carbonyl (C=O) groups is 2. The Labute approximate surface area is 283 Å². The molecule has 3 aromatic rings. The molecule has 2 aromatic carbocycles. The van der Waals surface area contributed by atoms with Crippen LogP contribution in [-0.2, 0) is 34.9 Å². The molecule has 4 rings (SSSR count). The average molecular weight is 688 g/mol. The van der Waals surface area contributed by atoms with E-state index in [-0.39, 0.29) is 48.2 Å². The third-order valence-electron chi connectivity index (χ3n) is 7.45. The number of nitrogens with one attached hydrogen (secondary N) is 1. The SMILES string of the molecule is CCCc1ccc(CCc2ccc(-c3noc([C@@H]4[C@@H](O)CCN4/C(=N/C(=O)OC(C)(C)C)NC(=O)OC(C)(C)C)n3)cc2C(F)(F)F)cc1. The largest absolute Gasteiger partial charge is 0.444 e. The highest BCUT2D eigenvalue weighted by Crippen LogP contribution is 2.37. The van der Waals surface area contributed by atoms with Gasteiger partial charge in [0.2, 0.25) is 11.8 Å². The van der Waals surface area contributed by atoms with Crippen LogP contribution in [0.2, 0.25) is 0 Å². The third-order valence-corrected chi connectivity index (χ3v) is 7.45. The van der Waals surface area contributed by atoms with Gasteiger partial charge in [-0.2, -0.15) is 18.2 Å². The van der Waals surface area contributed by atoms with E-state index in [2.05, 4.69) is 27.4 Å².